The molecule has 0 saturated carbocycles. The Bertz CT molecular complexity index is 584. The highest BCUT2D eigenvalue weighted by molar-refractivity contribution is 9.10. The smallest absolute Gasteiger partial charge is 0.199 e. The van der Waals surface area contributed by atoms with Gasteiger partial charge in [0.05, 0.1) is 10.0 Å². The van der Waals surface area contributed by atoms with Gasteiger partial charge in [-0.1, -0.05) is 36.4 Å². The predicted octanol–water partition coefficient (Wildman–Crippen LogP) is 4.16. The van der Waals surface area contributed by atoms with Gasteiger partial charge in [-0.2, -0.15) is 0 Å². The van der Waals surface area contributed by atoms with E-state index in [0.717, 1.165) is 0 Å². The lowest BCUT2D eigenvalue weighted by Crippen LogP contribution is -2.16. The fraction of sp³-hybridized carbons (Fsp3) is 0.133. The first-order valence-electron chi connectivity index (χ1n) is 5.71. The Kier molecular flexibility index (Phi) is 4.45. The van der Waals surface area contributed by atoms with Crippen molar-refractivity contribution in [2.75, 3.05) is 7.11 Å². The Morgan fingerprint density at radius 2 is 1.84 bits per heavy atom. The molecule has 2 rings (SSSR count). The maximum atomic E-state index is 13.9. The summed E-state index contributed by atoms with van der Waals surface area (Å²) in [6, 6.07) is 13.7. The first-order valence-corrected chi connectivity index (χ1v) is 6.50. The molecule has 0 aliphatic carbocycles. The summed E-state index contributed by atoms with van der Waals surface area (Å²) < 4.78 is 19.4. The van der Waals surface area contributed by atoms with Crippen LogP contribution in [0.1, 0.15) is 22.0 Å². The molecule has 0 saturated heterocycles. The summed E-state index contributed by atoms with van der Waals surface area (Å²) in [5.74, 6) is -0.960. The van der Waals surface area contributed by atoms with E-state index in [1.807, 2.05) is 18.2 Å². The molecule has 0 amide bonds. The second kappa shape index (κ2) is 6.08. The molecule has 1 unspecified atom stereocenters. The average Bonchev–Trinajstić information content (AvgIpc) is 2.44. The van der Waals surface area contributed by atoms with Crippen LogP contribution in [0.4, 0.5) is 4.39 Å². The topological polar surface area (TPSA) is 26.3 Å². The van der Waals surface area contributed by atoms with E-state index in [-0.39, 0.29) is 10.0 Å². The van der Waals surface area contributed by atoms with Crippen LogP contribution in [0.15, 0.2) is 53.0 Å². The molecule has 2 aromatic carbocycles. The van der Waals surface area contributed by atoms with Crippen molar-refractivity contribution in [1.82, 2.24) is 0 Å². The number of rotatable bonds is 4. The van der Waals surface area contributed by atoms with E-state index in [4.69, 9.17) is 4.74 Å². The van der Waals surface area contributed by atoms with Crippen molar-refractivity contribution < 1.29 is 13.9 Å². The number of hydrogen-bond acceptors (Lipinski definition) is 2. The van der Waals surface area contributed by atoms with Crippen molar-refractivity contribution in [1.29, 1.82) is 0 Å². The largest absolute Gasteiger partial charge is 0.369 e. The second-order valence-electron chi connectivity index (χ2n) is 3.99. The molecule has 0 fully saturated rings. The Balaban J connectivity index is 2.39. The molecule has 0 N–H and O–H groups in total. The van der Waals surface area contributed by atoms with Crippen molar-refractivity contribution in [2.24, 2.45) is 0 Å². The molecular weight excluding hydrogens is 311 g/mol. The molecule has 4 heteroatoms. The van der Waals surface area contributed by atoms with Gasteiger partial charge < -0.3 is 4.74 Å². The minimum absolute atomic E-state index is 0.0186. The molecule has 0 aromatic heterocycles. The van der Waals surface area contributed by atoms with Crippen molar-refractivity contribution >= 4 is 21.7 Å². The molecule has 0 spiro atoms. The standard InChI is InChI=1S/C15H12BrFO2/c1-19-15(10-6-3-2-4-7-10)14(18)11-8-5-9-12(16)13(11)17/h2-9,15H,1H3. The highest BCUT2D eigenvalue weighted by Crippen LogP contribution is 2.26. The summed E-state index contributed by atoms with van der Waals surface area (Å²) in [6.07, 6.45) is -0.801. The van der Waals surface area contributed by atoms with E-state index in [0.29, 0.717) is 5.56 Å². The Labute approximate surface area is 119 Å². The van der Waals surface area contributed by atoms with Gasteiger partial charge in [0.25, 0.3) is 0 Å². The van der Waals surface area contributed by atoms with Crippen LogP contribution >= 0.6 is 15.9 Å². The number of Topliss-reactive ketones (excluding diaryl/α,β-unsaturated/α-hetero) is 1. The maximum absolute atomic E-state index is 13.9. The zero-order chi connectivity index (χ0) is 13.8. The van der Waals surface area contributed by atoms with Crippen LogP contribution in [0.5, 0.6) is 0 Å². The number of carbonyl (C=O) groups excluding carboxylic acids is 1. The minimum atomic E-state index is -0.801. The molecule has 2 aromatic rings. The first kappa shape index (κ1) is 13.9. The predicted molar refractivity (Wildman–Crippen MR) is 74.6 cm³/mol. The highest BCUT2D eigenvalue weighted by atomic mass is 79.9. The molecule has 0 aliphatic rings. The van der Waals surface area contributed by atoms with E-state index in [1.165, 1.54) is 13.2 Å². The summed E-state index contributed by atoms with van der Waals surface area (Å²) in [5.41, 5.74) is 0.722. The quantitative estimate of drug-likeness (QED) is 0.790. The monoisotopic (exact) mass is 322 g/mol. The Morgan fingerprint density at radius 3 is 2.47 bits per heavy atom. The summed E-state index contributed by atoms with van der Waals surface area (Å²) in [4.78, 5) is 12.4. The average molecular weight is 323 g/mol. The zero-order valence-corrected chi connectivity index (χ0v) is 11.9. The van der Waals surface area contributed by atoms with Crippen molar-refractivity contribution in [3.63, 3.8) is 0 Å². The summed E-state index contributed by atoms with van der Waals surface area (Å²) in [6.45, 7) is 0. The molecule has 0 radical (unpaired) electrons. The number of halogens is 2. The third kappa shape index (κ3) is 2.91. The maximum Gasteiger partial charge on any atom is 0.199 e. The van der Waals surface area contributed by atoms with Gasteiger partial charge in [-0.05, 0) is 33.6 Å². The summed E-state index contributed by atoms with van der Waals surface area (Å²) in [7, 11) is 1.44. The van der Waals surface area contributed by atoms with Crippen LogP contribution in [0.25, 0.3) is 0 Å². The minimum Gasteiger partial charge on any atom is -0.369 e. The lowest BCUT2D eigenvalue weighted by Gasteiger charge is -2.15. The van der Waals surface area contributed by atoms with Gasteiger partial charge in [0.15, 0.2) is 5.78 Å². The third-order valence-corrected chi connectivity index (χ3v) is 3.41. The van der Waals surface area contributed by atoms with E-state index in [1.54, 1.807) is 24.3 Å². The number of ether oxygens (including phenoxy) is 1. The molecule has 0 bridgehead atoms. The highest BCUT2D eigenvalue weighted by Gasteiger charge is 2.24. The molecule has 0 heterocycles. The molecule has 98 valence electrons. The Hall–Kier alpha value is -1.52. The fourth-order valence-electron chi connectivity index (χ4n) is 1.86. The van der Waals surface area contributed by atoms with Gasteiger partial charge >= 0.3 is 0 Å². The van der Waals surface area contributed by atoms with Gasteiger partial charge in [0.2, 0.25) is 0 Å². The van der Waals surface area contributed by atoms with Crippen molar-refractivity contribution in [3.8, 4) is 0 Å². The van der Waals surface area contributed by atoms with Crippen LogP contribution < -0.4 is 0 Å². The first-order chi connectivity index (χ1) is 9.15. The lowest BCUT2D eigenvalue weighted by molar-refractivity contribution is 0.0600. The normalized spacial score (nSPS) is 12.2. The lowest BCUT2D eigenvalue weighted by atomic mass is 9.99. The van der Waals surface area contributed by atoms with E-state index < -0.39 is 17.7 Å². The molecular formula is C15H12BrFO2. The van der Waals surface area contributed by atoms with Crippen LogP contribution in [0, 0.1) is 5.82 Å². The van der Waals surface area contributed by atoms with Crippen LogP contribution in [0.3, 0.4) is 0 Å². The second-order valence-corrected chi connectivity index (χ2v) is 4.85. The van der Waals surface area contributed by atoms with Gasteiger partial charge in [-0.15, -0.1) is 0 Å². The van der Waals surface area contributed by atoms with Crippen molar-refractivity contribution in [2.45, 2.75) is 6.10 Å². The van der Waals surface area contributed by atoms with E-state index >= 15 is 0 Å². The molecule has 0 aliphatic heterocycles. The summed E-state index contributed by atoms with van der Waals surface area (Å²) >= 11 is 3.07. The number of benzene rings is 2. The van der Waals surface area contributed by atoms with Gasteiger partial charge in [0, 0.05) is 7.11 Å². The number of ketones is 1. The zero-order valence-electron chi connectivity index (χ0n) is 10.3. The van der Waals surface area contributed by atoms with E-state index in [2.05, 4.69) is 15.9 Å². The summed E-state index contributed by atoms with van der Waals surface area (Å²) in [5, 5.41) is 0. The van der Waals surface area contributed by atoms with Crippen LogP contribution in [0.2, 0.25) is 0 Å². The van der Waals surface area contributed by atoms with Crippen LogP contribution in [-0.2, 0) is 4.74 Å². The Morgan fingerprint density at radius 1 is 1.16 bits per heavy atom. The van der Waals surface area contributed by atoms with Gasteiger partial charge in [0.1, 0.15) is 11.9 Å². The van der Waals surface area contributed by atoms with Gasteiger partial charge in [-0.25, -0.2) is 4.39 Å². The number of hydrogen-bond donors (Lipinski definition) is 0. The number of carbonyl (C=O) groups is 1. The van der Waals surface area contributed by atoms with Gasteiger partial charge in [-0.3, -0.25) is 4.79 Å². The molecule has 1 atom stereocenters. The number of methoxy groups -OCH3 is 1. The molecule has 2 nitrogen and oxygen atoms in total. The fourth-order valence-corrected chi connectivity index (χ4v) is 2.22. The SMILES string of the molecule is COC(C(=O)c1cccc(Br)c1F)c1ccccc1. The van der Waals surface area contributed by atoms with Crippen molar-refractivity contribution in [3.05, 3.63) is 69.9 Å². The molecule has 19 heavy (non-hydrogen) atoms. The third-order valence-electron chi connectivity index (χ3n) is 2.79. The van der Waals surface area contributed by atoms with Crippen LogP contribution in [-0.4, -0.2) is 12.9 Å². The van der Waals surface area contributed by atoms with E-state index in [9.17, 15) is 9.18 Å².